The molecule has 3 aliphatic rings. The zero-order valence-electron chi connectivity index (χ0n) is 13.8. The van der Waals surface area contributed by atoms with Crippen LogP contribution < -0.4 is 10.6 Å². The monoisotopic (exact) mass is 364 g/mol. The van der Waals surface area contributed by atoms with Gasteiger partial charge in [-0.1, -0.05) is 0 Å². The average Bonchev–Trinajstić information content (AvgIpc) is 2.92. The Kier molecular flexibility index (Phi) is 5.06. The zero-order valence-corrected chi connectivity index (χ0v) is 14.6. The fourth-order valence-corrected chi connectivity index (χ4v) is 3.82. The molecule has 0 spiro atoms. The summed E-state index contributed by atoms with van der Waals surface area (Å²) in [6, 6.07) is 1.46. The first-order chi connectivity index (χ1) is 11.6. The van der Waals surface area contributed by atoms with Crippen LogP contribution in [0.15, 0.2) is 12.3 Å². The molecule has 0 radical (unpaired) electrons. The Morgan fingerprint density at radius 3 is 2.60 bits per heavy atom. The zero-order chi connectivity index (χ0) is 16.7. The van der Waals surface area contributed by atoms with E-state index in [1.54, 1.807) is 11.1 Å². The Labute approximate surface area is 152 Å². The van der Waals surface area contributed by atoms with Crippen molar-refractivity contribution < 1.29 is 14.4 Å². The lowest BCUT2D eigenvalue weighted by molar-refractivity contribution is -0.136. The van der Waals surface area contributed by atoms with Gasteiger partial charge in [0.05, 0.1) is 5.56 Å². The van der Waals surface area contributed by atoms with Crippen LogP contribution in [0.4, 0.5) is 0 Å². The van der Waals surface area contributed by atoms with E-state index in [4.69, 9.17) is 0 Å². The number of hydrogen-bond donors (Lipinski definition) is 2. The van der Waals surface area contributed by atoms with Gasteiger partial charge < -0.3 is 10.2 Å². The molecule has 1 aromatic rings. The molecule has 1 atom stereocenters. The van der Waals surface area contributed by atoms with Gasteiger partial charge in [-0.3, -0.25) is 24.7 Å². The molecule has 3 amide bonds. The molecule has 1 aromatic heterocycles. The quantitative estimate of drug-likeness (QED) is 0.755. The van der Waals surface area contributed by atoms with Crippen LogP contribution in [0.25, 0.3) is 0 Å². The highest BCUT2D eigenvalue weighted by molar-refractivity contribution is 6.05. The van der Waals surface area contributed by atoms with Crippen molar-refractivity contribution in [2.75, 3.05) is 13.1 Å². The average molecular weight is 365 g/mol. The van der Waals surface area contributed by atoms with Crippen molar-refractivity contribution >= 4 is 30.1 Å². The first-order valence-electron chi connectivity index (χ1n) is 8.47. The fraction of sp³-hybridized carbons (Fsp3) is 0.529. The number of aromatic nitrogens is 1. The number of piperidine rings is 2. The van der Waals surface area contributed by atoms with Gasteiger partial charge in [0.1, 0.15) is 6.04 Å². The normalized spacial score (nSPS) is 23.9. The Morgan fingerprint density at radius 1 is 1.12 bits per heavy atom. The largest absolute Gasteiger partial charge is 0.322 e. The second-order valence-corrected chi connectivity index (χ2v) is 6.69. The third-order valence-electron chi connectivity index (χ3n) is 5.19. The van der Waals surface area contributed by atoms with Crippen LogP contribution >= 0.6 is 12.4 Å². The molecular weight excluding hydrogens is 344 g/mol. The van der Waals surface area contributed by atoms with Crippen molar-refractivity contribution in [2.45, 2.75) is 44.2 Å². The second-order valence-electron chi connectivity index (χ2n) is 6.69. The summed E-state index contributed by atoms with van der Waals surface area (Å²) in [5, 5.41) is 5.66. The van der Waals surface area contributed by atoms with E-state index in [-0.39, 0.29) is 36.5 Å². The number of halogens is 1. The van der Waals surface area contributed by atoms with Crippen LogP contribution in [0, 0.1) is 0 Å². The maximum absolute atomic E-state index is 12.6. The summed E-state index contributed by atoms with van der Waals surface area (Å²) >= 11 is 0. The molecule has 0 saturated carbocycles. The van der Waals surface area contributed by atoms with Gasteiger partial charge in [0.2, 0.25) is 11.8 Å². The smallest absolute Gasteiger partial charge is 0.256 e. The van der Waals surface area contributed by atoms with Gasteiger partial charge >= 0.3 is 0 Å². The first-order valence-corrected chi connectivity index (χ1v) is 8.47. The number of nitrogens with zero attached hydrogens (tertiary/aromatic N) is 2. The van der Waals surface area contributed by atoms with E-state index in [1.165, 1.54) is 0 Å². The molecule has 4 heterocycles. The number of carbonyl (C=O) groups excluding carboxylic acids is 3. The number of nitrogens with one attached hydrogen (secondary N) is 2. The minimum atomic E-state index is -0.565. The van der Waals surface area contributed by atoms with Crippen molar-refractivity contribution in [3.63, 3.8) is 0 Å². The Morgan fingerprint density at radius 2 is 1.88 bits per heavy atom. The second kappa shape index (κ2) is 7.09. The summed E-state index contributed by atoms with van der Waals surface area (Å²) in [4.78, 5) is 42.1. The maximum Gasteiger partial charge on any atom is 0.256 e. The van der Waals surface area contributed by atoms with Gasteiger partial charge in [0.15, 0.2) is 0 Å². The van der Waals surface area contributed by atoms with E-state index < -0.39 is 6.04 Å². The number of imide groups is 1. The summed E-state index contributed by atoms with van der Waals surface area (Å²) < 4.78 is 0. The van der Waals surface area contributed by atoms with Crippen LogP contribution in [0.1, 0.15) is 53.2 Å². The van der Waals surface area contributed by atoms with Crippen molar-refractivity contribution in [3.05, 3.63) is 29.1 Å². The standard InChI is InChI=1S/C17H20N4O3.ClH/c22-15-2-1-14(16(23)20-15)21-9-11-7-13(10-3-5-18-6-4-10)19-8-12(11)17(21)24;/h7-8,10,14,18H,1-6,9H2,(H,20,22,23);1H. The Bertz CT molecular complexity index is 718. The van der Waals surface area contributed by atoms with Crippen molar-refractivity contribution in [1.82, 2.24) is 20.5 Å². The predicted octanol–water partition coefficient (Wildman–Crippen LogP) is 0.731. The molecule has 2 saturated heterocycles. The van der Waals surface area contributed by atoms with E-state index in [9.17, 15) is 14.4 Å². The van der Waals surface area contributed by atoms with Gasteiger partial charge in [-0.25, -0.2) is 0 Å². The molecule has 2 N–H and O–H groups in total. The topological polar surface area (TPSA) is 91.4 Å². The summed E-state index contributed by atoms with van der Waals surface area (Å²) in [5.41, 5.74) is 2.55. The van der Waals surface area contributed by atoms with Crippen LogP contribution in [-0.4, -0.2) is 46.7 Å². The van der Waals surface area contributed by atoms with Gasteiger partial charge in [0, 0.05) is 30.8 Å². The minimum absolute atomic E-state index is 0. The van der Waals surface area contributed by atoms with Crippen molar-refractivity contribution in [3.8, 4) is 0 Å². The molecule has 7 nitrogen and oxygen atoms in total. The van der Waals surface area contributed by atoms with E-state index >= 15 is 0 Å². The molecule has 4 rings (SSSR count). The highest BCUT2D eigenvalue weighted by Crippen LogP contribution is 2.30. The first kappa shape index (κ1) is 17.8. The maximum atomic E-state index is 12.6. The molecule has 0 bridgehead atoms. The highest BCUT2D eigenvalue weighted by atomic mass is 35.5. The van der Waals surface area contributed by atoms with E-state index in [1.807, 2.05) is 6.07 Å². The van der Waals surface area contributed by atoms with Gasteiger partial charge in [-0.15, -0.1) is 12.4 Å². The Hall–Kier alpha value is -1.99. The van der Waals surface area contributed by atoms with Crippen LogP contribution in [0.2, 0.25) is 0 Å². The van der Waals surface area contributed by atoms with Crippen molar-refractivity contribution in [1.29, 1.82) is 0 Å². The summed E-state index contributed by atoms with van der Waals surface area (Å²) in [6.07, 6.45) is 4.42. The van der Waals surface area contributed by atoms with Crippen LogP contribution in [-0.2, 0) is 16.1 Å². The van der Waals surface area contributed by atoms with E-state index in [2.05, 4.69) is 15.6 Å². The molecule has 0 aliphatic carbocycles. The lowest BCUT2D eigenvalue weighted by Gasteiger charge is -2.29. The predicted molar refractivity (Wildman–Crippen MR) is 92.4 cm³/mol. The summed E-state index contributed by atoms with van der Waals surface area (Å²) in [7, 11) is 0. The molecule has 134 valence electrons. The fourth-order valence-electron chi connectivity index (χ4n) is 3.82. The summed E-state index contributed by atoms with van der Waals surface area (Å²) in [6.45, 7) is 2.40. The molecule has 25 heavy (non-hydrogen) atoms. The molecular formula is C17H21ClN4O3. The number of pyridine rings is 1. The third-order valence-corrected chi connectivity index (χ3v) is 5.19. The number of amides is 3. The number of fused-ring (bicyclic) bond motifs is 1. The van der Waals surface area contributed by atoms with Gasteiger partial charge in [0.25, 0.3) is 5.91 Å². The lowest BCUT2D eigenvalue weighted by atomic mass is 9.93. The van der Waals surface area contributed by atoms with E-state index in [0.29, 0.717) is 24.4 Å². The van der Waals surface area contributed by atoms with Gasteiger partial charge in [-0.2, -0.15) is 0 Å². The molecule has 1 unspecified atom stereocenters. The number of hydrogen-bond acceptors (Lipinski definition) is 5. The number of rotatable bonds is 2. The summed E-state index contributed by atoms with van der Waals surface area (Å²) in [5.74, 6) is -0.380. The van der Waals surface area contributed by atoms with Crippen LogP contribution in [0.3, 0.4) is 0 Å². The van der Waals surface area contributed by atoms with Crippen molar-refractivity contribution in [2.24, 2.45) is 0 Å². The molecule has 0 aromatic carbocycles. The SMILES string of the molecule is Cl.O=C1CCC(N2Cc3cc(C4CCNCC4)ncc3C2=O)C(=O)N1. The van der Waals surface area contributed by atoms with Gasteiger partial charge in [-0.05, 0) is 44.0 Å². The van der Waals surface area contributed by atoms with Crippen LogP contribution in [0.5, 0.6) is 0 Å². The molecule has 3 aliphatic heterocycles. The lowest BCUT2D eigenvalue weighted by Crippen LogP contribution is -2.52. The van der Waals surface area contributed by atoms with E-state index in [0.717, 1.165) is 37.2 Å². The Balaban J connectivity index is 0.00000182. The number of carbonyl (C=O) groups is 3. The minimum Gasteiger partial charge on any atom is -0.322 e. The highest BCUT2D eigenvalue weighted by Gasteiger charge is 2.39. The molecule has 8 heteroatoms. The third kappa shape index (κ3) is 3.26. The molecule has 2 fully saturated rings.